The third kappa shape index (κ3) is 5.51. The number of carbonyl (C=O) groups excluding carboxylic acids is 1. The van der Waals surface area contributed by atoms with Gasteiger partial charge >= 0.3 is 5.97 Å². The summed E-state index contributed by atoms with van der Waals surface area (Å²) in [5.41, 5.74) is 7.09. The van der Waals surface area contributed by atoms with E-state index in [-0.39, 0.29) is 12.0 Å². The van der Waals surface area contributed by atoms with E-state index in [0.29, 0.717) is 19.4 Å². The Kier molecular flexibility index (Phi) is 7.62. The average Bonchev–Trinajstić information content (AvgIpc) is 2.45. The smallest absolute Gasteiger partial charge is 0.305 e. The molecule has 0 fully saturated rings. The number of hydrogen-bond donors (Lipinski definition) is 1. The number of para-hydroxylation sites is 1. The van der Waals surface area contributed by atoms with Gasteiger partial charge in [0.1, 0.15) is 5.75 Å². The molecule has 1 atom stereocenters. The van der Waals surface area contributed by atoms with Gasteiger partial charge in [-0.2, -0.15) is 0 Å². The van der Waals surface area contributed by atoms with E-state index in [0.717, 1.165) is 28.6 Å². The molecule has 0 aromatic heterocycles. The summed E-state index contributed by atoms with van der Waals surface area (Å²) in [4.78, 5) is 11.0. The first-order valence-electron chi connectivity index (χ1n) is 6.81. The molecule has 1 rings (SSSR count). The summed E-state index contributed by atoms with van der Waals surface area (Å²) < 4.78 is 11.3. The quantitative estimate of drug-likeness (QED) is 0.582. The number of methoxy groups -OCH3 is 1. The van der Waals surface area contributed by atoms with Gasteiger partial charge in [0.2, 0.25) is 0 Å². The highest BCUT2D eigenvalue weighted by atomic mass is 79.9. The Morgan fingerprint density at radius 1 is 1.45 bits per heavy atom. The number of esters is 1. The van der Waals surface area contributed by atoms with Crippen molar-refractivity contribution < 1.29 is 14.3 Å². The van der Waals surface area contributed by atoms with E-state index in [1.54, 1.807) is 0 Å². The molecule has 0 amide bonds. The maximum absolute atomic E-state index is 11.0. The van der Waals surface area contributed by atoms with Crippen LogP contribution in [0.4, 0.5) is 0 Å². The fourth-order valence-corrected chi connectivity index (χ4v) is 2.32. The Morgan fingerprint density at radius 2 is 2.20 bits per heavy atom. The molecule has 0 aliphatic rings. The molecule has 0 radical (unpaired) electrons. The van der Waals surface area contributed by atoms with Crippen molar-refractivity contribution in [2.75, 3.05) is 13.7 Å². The van der Waals surface area contributed by atoms with E-state index in [2.05, 4.69) is 27.6 Å². The number of rotatable bonds is 8. The van der Waals surface area contributed by atoms with Crippen molar-refractivity contribution in [1.82, 2.24) is 0 Å². The highest BCUT2D eigenvalue weighted by molar-refractivity contribution is 9.10. The monoisotopic (exact) mass is 343 g/mol. The minimum Gasteiger partial charge on any atom is -0.492 e. The molecule has 1 aromatic carbocycles. The van der Waals surface area contributed by atoms with Gasteiger partial charge in [0.05, 0.1) is 18.2 Å². The third-order valence-corrected chi connectivity index (χ3v) is 3.68. The van der Waals surface area contributed by atoms with Gasteiger partial charge in [-0.05, 0) is 46.8 Å². The van der Waals surface area contributed by atoms with Gasteiger partial charge in [0.15, 0.2) is 0 Å². The second-order valence-electron chi connectivity index (χ2n) is 4.63. The number of benzene rings is 1. The molecular formula is C15H22BrNO3. The fourth-order valence-electron chi connectivity index (χ4n) is 1.80. The van der Waals surface area contributed by atoms with Gasteiger partial charge in [-0.3, -0.25) is 4.79 Å². The van der Waals surface area contributed by atoms with Crippen LogP contribution in [0.5, 0.6) is 5.75 Å². The Bertz CT molecular complexity index is 437. The Hall–Kier alpha value is -1.07. The molecule has 5 heteroatoms. The zero-order valence-corrected chi connectivity index (χ0v) is 13.6. The SMILES string of the molecule is CCC(N)Cc1cccc(Br)c1OCCCC(=O)OC. The Morgan fingerprint density at radius 3 is 2.85 bits per heavy atom. The first-order valence-corrected chi connectivity index (χ1v) is 7.60. The van der Waals surface area contributed by atoms with Gasteiger partial charge in [0.25, 0.3) is 0 Å². The van der Waals surface area contributed by atoms with Crippen LogP contribution in [0, 0.1) is 0 Å². The fraction of sp³-hybridized carbons (Fsp3) is 0.533. The molecule has 0 saturated carbocycles. The molecular weight excluding hydrogens is 322 g/mol. The summed E-state index contributed by atoms with van der Waals surface area (Å²) in [7, 11) is 1.39. The van der Waals surface area contributed by atoms with E-state index in [4.69, 9.17) is 10.5 Å². The molecule has 0 aliphatic carbocycles. The first kappa shape index (κ1) is 17.0. The van der Waals surface area contributed by atoms with Crippen molar-refractivity contribution in [1.29, 1.82) is 0 Å². The molecule has 112 valence electrons. The minimum atomic E-state index is -0.214. The molecule has 0 spiro atoms. The van der Waals surface area contributed by atoms with Gasteiger partial charge in [-0.25, -0.2) is 0 Å². The van der Waals surface area contributed by atoms with Crippen LogP contribution in [0.3, 0.4) is 0 Å². The zero-order chi connectivity index (χ0) is 15.0. The Labute approximate surface area is 128 Å². The Balaban J connectivity index is 2.61. The maximum Gasteiger partial charge on any atom is 0.305 e. The molecule has 1 unspecified atom stereocenters. The van der Waals surface area contributed by atoms with Gasteiger partial charge in [-0.1, -0.05) is 19.1 Å². The minimum absolute atomic E-state index is 0.127. The van der Waals surface area contributed by atoms with Gasteiger partial charge in [0, 0.05) is 12.5 Å². The second-order valence-corrected chi connectivity index (χ2v) is 5.48. The lowest BCUT2D eigenvalue weighted by molar-refractivity contribution is -0.140. The highest BCUT2D eigenvalue weighted by Gasteiger charge is 2.11. The van der Waals surface area contributed by atoms with Crippen LogP contribution in [-0.2, 0) is 16.0 Å². The number of hydrogen-bond acceptors (Lipinski definition) is 4. The van der Waals surface area contributed by atoms with E-state index in [1.165, 1.54) is 7.11 Å². The molecule has 0 aliphatic heterocycles. The van der Waals surface area contributed by atoms with Crippen molar-refractivity contribution in [2.24, 2.45) is 5.73 Å². The summed E-state index contributed by atoms with van der Waals surface area (Å²) >= 11 is 3.50. The van der Waals surface area contributed by atoms with Gasteiger partial charge in [-0.15, -0.1) is 0 Å². The largest absolute Gasteiger partial charge is 0.492 e. The number of ether oxygens (including phenoxy) is 2. The highest BCUT2D eigenvalue weighted by Crippen LogP contribution is 2.30. The summed E-state index contributed by atoms with van der Waals surface area (Å²) in [5.74, 6) is 0.607. The predicted octanol–water partition coefficient (Wildman–Crippen LogP) is 3.06. The molecule has 20 heavy (non-hydrogen) atoms. The molecule has 0 bridgehead atoms. The van der Waals surface area contributed by atoms with Crippen molar-refractivity contribution in [3.63, 3.8) is 0 Å². The first-order chi connectivity index (χ1) is 9.58. The predicted molar refractivity (Wildman–Crippen MR) is 82.9 cm³/mol. The lowest BCUT2D eigenvalue weighted by Crippen LogP contribution is -2.21. The number of carbonyl (C=O) groups is 1. The second kappa shape index (κ2) is 8.97. The summed E-state index contributed by atoms with van der Waals surface area (Å²) in [6.45, 7) is 2.55. The van der Waals surface area contributed by atoms with Gasteiger partial charge < -0.3 is 15.2 Å². The topological polar surface area (TPSA) is 61.5 Å². The number of nitrogens with two attached hydrogens (primary N) is 1. The van der Waals surface area contributed by atoms with Crippen molar-refractivity contribution in [2.45, 2.75) is 38.6 Å². The van der Waals surface area contributed by atoms with Crippen LogP contribution in [0.25, 0.3) is 0 Å². The van der Waals surface area contributed by atoms with Crippen LogP contribution >= 0.6 is 15.9 Å². The van der Waals surface area contributed by atoms with E-state index < -0.39 is 0 Å². The van der Waals surface area contributed by atoms with Crippen molar-refractivity contribution in [3.05, 3.63) is 28.2 Å². The lowest BCUT2D eigenvalue weighted by Gasteiger charge is -2.15. The normalized spacial score (nSPS) is 12.0. The molecule has 1 aromatic rings. The van der Waals surface area contributed by atoms with Crippen LogP contribution in [0.1, 0.15) is 31.7 Å². The van der Waals surface area contributed by atoms with E-state index in [9.17, 15) is 4.79 Å². The van der Waals surface area contributed by atoms with Crippen LogP contribution in [-0.4, -0.2) is 25.7 Å². The molecule has 0 saturated heterocycles. The summed E-state index contributed by atoms with van der Waals surface area (Å²) in [6, 6.07) is 6.07. The van der Waals surface area contributed by atoms with Crippen molar-refractivity contribution >= 4 is 21.9 Å². The number of halogens is 1. The van der Waals surface area contributed by atoms with E-state index >= 15 is 0 Å². The van der Waals surface area contributed by atoms with Crippen LogP contribution in [0.2, 0.25) is 0 Å². The molecule has 4 nitrogen and oxygen atoms in total. The molecule has 2 N–H and O–H groups in total. The molecule has 0 heterocycles. The van der Waals surface area contributed by atoms with Crippen molar-refractivity contribution in [3.8, 4) is 5.75 Å². The lowest BCUT2D eigenvalue weighted by atomic mass is 10.0. The standard InChI is InChI=1S/C15H22BrNO3/c1-3-12(17)10-11-6-4-7-13(16)15(11)20-9-5-8-14(18)19-2/h4,6-7,12H,3,5,8-10,17H2,1-2H3. The van der Waals surface area contributed by atoms with Crippen LogP contribution < -0.4 is 10.5 Å². The average molecular weight is 344 g/mol. The third-order valence-electron chi connectivity index (χ3n) is 3.05. The maximum atomic E-state index is 11.0. The summed E-state index contributed by atoms with van der Waals surface area (Å²) in [6.07, 6.45) is 2.70. The van der Waals surface area contributed by atoms with E-state index in [1.807, 2.05) is 18.2 Å². The van der Waals surface area contributed by atoms with Crippen LogP contribution in [0.15, 0.2) is 22.7 Å². The summed E-state index contributed by atoms with van der Waals surface area (Å²) in [5, 5.41) is 0. The zero-order valence-electron chi connectivity index (χ0n) is 12.0.